The van der Waals surface area contributed by atoms with E-state index < -0.39 is 123 Å². The van der Waals surface area contributed by atoms with Gasteiger partial charge in [-0.25, -0.2) is 0 Å². The summed E-state index contributed by atoms with van der Waals surface area (Å²) in [5.41, 5.74) is 22.3. The van der Waals surface area contributed by atoms with Gasteiger partial charge in [0.15, 0.2) is 0 Å². The minimum absolute atomic E-state index is 0.703. The van der Waals surface area contributed by atoms with Crippen molar-refractivity contribution in [3.63, 3.8) is 0 Å². The SMILES string of the molecule is CC(C)[Si](C[Si](C)(C)C)(C[Si](C)(C)C)[Si](C(C)C)([Si]1=[Si]([Si](C(C)C)([Si](C[Si](C)(C)C)(C[Si](C)(C)C)C(C)C)[Si](C[Si](C)(C)C)(C[Si](C)(C)C)C(C)C)[C@@H](C)[C@H]1C)[Si](C[Si](C)(C)C)(C[Si](C)(C)C)C(C)C. The van der Waals surface area contributed by atoms with Crippen molar-refractivity contribution in [3.05, 3.63) is 0 Å². The van der Waals surface area contributed by atoms with E-state index in [4.69, 9.17) is 0 Å². The first-order valence-electron chi connectivity index (χ1n) is 30.1. The lowest BCUT2D eigenvalue weighted by Gasteiger charge is -2.75. The van der Waals surface area contributed by atoms with Gasteiger partial charge in [0, 0.05) is 95.0 Å². The molecular formula is C54H138Si16. The third-order valence-corrected chi connectivity index (χ3v) is 227. The second kappa shape index (κ2) is 23.5. The molecule has 0 aromatic carbocycles. The molecule has 1 aliphatic heterocycles. The lowest BCUT2D eigenvalue weighted by Crippen LogP contribution is -2.96. The van der Waals surface area contributed by atoms with Crippen LogP contribution in [0.15, 0.2) is 0 Å². The van der Waals surface area contributed by atoms with Gasteiger partial charge in [0.25, 0.3) is 0 Å². The minimum atomic E-state index is -2.11. The molecule has 0 amide bonds. The van der Waals surface area contributed by atoms with Gasteiger partial charge in [-0.2, -0.15) is 0 Å². The molecule has 0 fully saturated rings. The Balaban J connectivity index is 6.35. The highest BCUT2D eigenvalue weighted by Crippen LogP contribution is 2.65. The van der Waals surface area contributed by atoms with E-state index in [0.29, 0.717) is 0 Å². The van der Waals surface area contributed by atoms with Crippen LogP contribution in [0, 0.1) is 0 Å². The highest BCUT2D eigenvalue weighted by molar-refractivity contribution is 8.00. The second-order valence-electron chi connectivity index (χ2n) is 37.5. The first kappa shape index (κ1) is 71.5. The Bertz CT molecular complexity index is 1440. The van der Waals surface area contributed by atoms with Crippen LogP contribution in [0.3, 0.4) is 0 Å². The van der Waals surface area contributed by atoms with E-state index in [-0.39, 0.29) is 0 Å². The number of hydrogen-bond donors (Lipinski definition) is 0. The van der Waals surface area contributed by atoms with Crippen LogP contribution in [-0.2, 0) is 0 Å². The molecule has 0 saturated heterocycles. The molecule has 2 atom stereocenters. The maximum atomic E-state index is 3.13. The number of hydrogen-bond acceptors (Lipinski definition) is 0. The molecule has 0 saturated carbocycles. The maximum absolute atomic E-state index is 3.13. The Morgan fingerprint density at radius 2 is 0.343 bits per heavy atom. The smallest absolute Gasteiger partial charge is 0.0519 e. The van der Waals surface area contributed by atoms with Gasteiger partial charge in [-0.1, -0.05) is 333 Å². The molecule has 0 spiro atoms. The molecule has 0 aromatic heterocycles. The Hall–Kier alpha value is 3.47. The van der Waals surface area contributed by atoms with Gasteiger partial charge in [-0.15, -0.1) is 0 Å². The lowest BCUT2D eigenvalue weighted by atomic mass is 10.4. The Morgan fingerprint density at radius 1 is 0.229 bits per heavy atom. The van der Waals surface area contributed by atoms with Crippen molar-refractivity contribution < 1.29 is 0 Å². The third-order valence-electron chi connectivity index (χ3n) is 18.9. The lowest BCUT2D eigenvalue weighted by molar-refractivity contribution is 0.833. The average Bonchev–Trinajstić information content (AvgIpc) is 3.02. The van der Waals surface area contributed by atoms with Gasteiger partial charge in [-0.3, -0.25) is 0 Å². The molecular weight excluding hydrogens is 1100 g/mol. The molecule has 1 rings (SSSR count). The summed E-state index contributed by atoms with van der Waals surface area (Å²) in [6, 6.07) is 0. The predicted octanol–water partition coefficient (Wildman–Crippen LogP) is 21.5. The average molecular weight is 1240 g/mol. The van der Waals surface area contributed by atoms with E-state index in [0.717, 1.165) is 44.3 Å². The molecule has 0 nitrogen and oxygen atoms in total. The van der Waals surface area contributed by atoms with Crippen LogP contribution in [-0.4, -0.2) is 123 Å². The Morgan fingerprint density at radius 3 is 0.414 bits per heavy atom. The van der Waals surface area contributed by atoms with Gasteiger partial charge < -0.3 is 0 Å². The van der Waals surface area contributed by atoms with E-state index in [2.05, 4.69) is 254 Å². The third kappa shape index (κ3) is 15.5. The second-order valence-corrected chi connectivity index (χ2v) is 157. The Kier molecular flexibility index (Phi) is 24.0. The van der Waals surface area contributed by atoms with E-state index >= 15 is 0 Å². The van der Waals surface area contributed by atoms with E-state index in [1.54, 1.807) is 45.3 Å². The van der Waals surface area contributed by atoms with Crippen molar-refractivity contribution >= 4 is 123 Å². The first-order chi connectivity index (χ1) is 30.4. The minimum Gasteiger partial charge on any atom is -0.0698 e. The normalized spacial score (nSPS) is 19.0. The first-order valence-corrected chi connectivity index (χ1v) is 84.1. The monoisotopic (exact) mass is 1230 g/mol. The van der Waals surface area contributed by atoms with Crippen LogP contribution in [0.25, 0.3) is 0 Å². The zero-order valence-electron chi connectivity index (χ0n) is 56.3. The van der Waals surface area contributed by atoms with Crippen LogP contribution in [0.4, 0.5) is 0 Å². The summed E-state index contributed by atoms with van der Waals surface area (Å²) in [5.74, 6) is 0. The van der Waals surface area contributed by atoms with Gasteiger partial charge in [0.1, 0.15) is 0 Å². The standard InChI is InChI=1S/C54H138Si16/c1-47(2)65(39-57(15,16)17,40-58(18,19)20)69(51(9)10,66(48(3)4,41-59(21,22)23)42-60(24,25)26)55-53(13)54(14)56(55)70(52(11)12,67(49(5)6,43-61(27,28)29)44-62(30,31)32)68(50(7)8,45-63(33,34)35)46-64(36,37)38/h47-54H,39-46H2,1-38H3/t53-,54+. The largest absolute Gasteiger partial charge is 0.0698 e. The highest BCUT2D eigenvalue weighted by Gasteiger charge is 2.79. The fourth-order valence-electron chi connectivity index (χ4n) is 19.4. The summed E-state index contributed by atoms with van der Waals surface area (Å²) in [6.45, 7) is 109. The van der Waals surface area contributed by atoms with Gasteiger partial charge in [0.05, 0.1) is 13.3 Å². The molecule has 70 heavy (non-hydrogen) atoms. The number of rotatable bonds is 28. The predicted molar refractivity (Wildman–Crippen MR) is 381 cm³/mol. The molecule has 1 heterocycles. The van der Waals surface area contributed by atoms with E-state index in [1.165, 1.54) is 0 Å². The fraction of sp³-hybridized carbons (Fsp3) is 1.00. The molecule has 0 N–H and O–H groups in total. The van der Waals surface area contributed by atoms with Crippen LogP contribution in [0.5, 0.6) is 0 Å². The molecule has 418 valence electrons. The van der Waals surface area contributed by atoms with Crippen molar-refractivity contribution in [2.45, 2.75) is 344 Å². The summed E-state index contributed by atoms with van der Waals surface area (Å²) < 4.78 is 0. The van der Waals surface area contributed by atoms with Gasteiger partial charge in [-0.05, 0) is 25.9 Å². The van der Waals surface area contributed by atoms with Crippen molar-refractivity contribution in [1.82, 2.24) is 0 Å². The topological polar surface area (TPSA) is 0 Å². The quantitative estimate of drug-likeness (QED) is 0.0685. The van der Waals surface area contributed by atoms with Crippen LogP contribution < -0.4 is 0 Å². The summed E-state index contributed by atoms with van der Waals surface area (Å²) in [6.07, 6.45) is 0. The molecule has 1 aliphatic rings. The van der Waals surface area contributed by atoms with Crippen LogP contribution >= 0.6 is 0 Å². The molecule has 0 aliphatic carbocycles. The molecule has 0 unspecified atom stereocenters. The summed E-state index contributed by atoms with van der Waals surface area (Å²) in [5, 5.41) is 0. The van der Waals surface area contributed by atoms with Crippen molar-refractivity contribution in [3.8, 4) is 0 Å². The van der Waals surface area contributed by atoms with Crippen LogP contribution in [0.1, 0.15) is 96.9 Å². The highest BCUT2D eigenvalue weighted by atomic mass is 30.1. The van der Waals surface area contributed by atoms with Gasteiger partial charge in [0.2, 0.25) is 0 Å². The summed E-state index contributed by atoms with van der Waals surface area (Å²) >= 11 is 0. The summed E-state index contributed by atoms with van der Waals surface area (Å²) in [4.78, 5) is 0. The molecule has 0 aromatic rings. The fourth-order valence-corrected chi connectivity index (χ4v) is 426. The molecule has 0 radical (unpaired) electrons. The Labute approximate surface area is 462 Å². The zero-order valence-corrected chi connectivity index (χ0v) is 72.3. The van der Waals surface area contributed by atoms with Crippen molar-refractivity contribution in [1.29, 1.82) is 0 Å². The van der Waals surface area contributed by atoms with Crippen molar-refractivity contribution in [2.75, 3.05) is 0 Å². The molecule has 16 heteroatoms. The van der Waals surface area contributed by atoms with E-state index in [9.17, 15) is 0 Å². The van der Waals surface area contributed by atoms with Crippen LogP contribution in [0.2, 0.25) is 247 Å². The zero-order chi connectivity index (χ0) is 56.4. The maximum Gasteiger partial charge on any atom is 0.0519 e. The van der Waals surface area contributed by atoms with Crippen molar-refractivity contribution in [2.24, 2.45) is 0 Å². The van der Waals surface area contributed by atoms with E-state index in [1.807, 2.05) is 0 Å². The summed E-state index contributed by atoms with van der Waals surface area (Å²) in [7, 11) is -21.3. The van der Waals surface area contributed by atoms with Gasteiger partial charge >= 0.3 is 0 Å². The molecule has 0 bridgehead atoms.